The number of para-hydroxylation sites is 2. The van der Waals surface area contributed by atoms with Gasteiger partial charge in [-0.3, -0.25) is 4.79 Å². The van der Waals surface area contributed by atoms with Crippen LogP contribution in [0.4, 0.5) is 5.69 Å². The molecule has 0 aliphatic carbocycles. The fourth-order valence-corrected chi connectivity index (χ4v) is 2.24. The first kappa shape index (κ1) is 14.9. The number of hydrogen-bond acceptors (Lipinski definition) is 3. The van der Waals surface area contributed by atoms with Gasteiger partial charge in [0.25, 0.3) is 5.91 Å². The molecular formula is C17H19NO3. The Morgan fingerprint density at radius 2 is 1.76 bits per heavy atom. The molecule has 2 rings (SSSR count). The smallest absolute Gasteiger partial charge is 0.259 e. The van der Waals surface area contributed by atoms with Crippen LogP contribution < -0.4 is 5.32 Å². The maximum absolute atomic E-state index is 12.3. The average molecular weight is 285 g/mol. The zero-order valence-electron chi connectivity index (χ0n) is 12.3. The third kappa shape index (κ3) is 2.99. The first-order valence-electron chi connectivity index (χ1n) is 6.83. The van der Waals surface area contributed by atoms with Crippen LogP contribution in [0.5, 0.6) is 11.5 Å². The Morgan fingerprint density at radius 3 is 2.43 bits per heavy atom. The first-order chi connectivity index (χ1) is 9.91. The molecule has 1 amide bonds. The third-order valence-electron chi connectivity index (χ3n) is 3.42. The molecule has 0 heterocycles. The topological polar surface area (TPSA) is 69.6 Å². The van der Waals surface area contributed by atoms with Crippen molar-refractivity contribution in [2.75, 3.05) is 5.32 Å². The Kier molecular flexibility index (Phi) is 4.17. The summed E-state index contributed by atoms with van der Waals surface area (Å²) in [5, 5.41) is 22.1. The van der Waals surface area contributed by atoms with E-state index in [1.165, 1.54) is 18.2 Å². The van der Waals surface area contributed by atoms with Crippen LogP contribution in [0.3, 0.4) is 0 Å². The van der Waals surface area contributed by atoms with Crippen molar-refractivity contribution in [2.45, 2.75) is 26.7 Å². The number of rotatable bonds is 3. The van der Waals surface area contributed by atoms with Gasteiger partial charge in [-0.05, 0) is 36.1 Å². The van der Waals surface area contributed by atoms with Crippen LogP contribution in [-0.4, -0.2) is 16.1 Å². The number of carbonyl (C=O) groups is 1. The van der Waals surface area contributed by atoms with E-state index < -0.39 is 11.7 Å². The summed E-state index contributed by atoms with van der Waals surface area (Å²) in [7, 11) is 0. The van der Waals surface area contributed by atoms with Gasteiger partial charge in [0.15, 0.2) is 11.5 Å². The van der Waals surface area contributed by atoms with Crippen molar-refractivity contribution in [3.8, 4) is 11.5 Å². The van der Waals surface area contributed by atoms with Gasteiger partial charge in [0.05, 0.1) is 5.56 Å². The monoisotopic (exact) mass is 285 g/mol. The molecule has 0 aliphatic heterocycles. The zero-order valence-corrected chi connectivity index (χ0v) is 12.3. The zero-order chi connectivity index (χ0) is 15.6. The number of aromatic hydroxyl groups is 2. The van der Waals surface area contributed by atoms with Gasteiger partial charge in [0, 0.05) is 5.69 Å². The normalized spacial score (nSPS) is 10.7. The summed E-state index contributed by atoms with van der Waals surface area (Å²) in [5.41, 5.74) is 2.78. The van der Waals surface area contributed by atoms with Crippen LogP contribution in [0.15, 0.2) is 36.4 Å². The van der Waals surface area contributed by atoms with Crippen LogP contribution in [0, 0.1) is 6.92 Å². The molecule has 0 bridgehead atoms. The summed E-state index contributed by atoms with van der Waals surface area (Å²) in [4.78, 5) is 12.3. The van der Waals surface area contributed by atoms with Crippen molar-refractivity contribution < 1.29 is 15.0 Å². The minimum atomic E-state index is -0.445. The van der Waals surface area contributed by atoms with Crippen molar-refractivity contribution in [1.82, 2.24) is 0 Å². The molecule has 0 saturated heterocycles. The number of aryl methyl sites for hydroxylation is 1. The summed E-state index contributed by atoms with van der Waals surface area (Å²) >= 11 is 0. The lowest BCUT2D eigenvalue weighted by Gasteiger charge is -2.16. The summed E-state index contributed by atoms with van der Waals surface area (Å²) in [6.45, 7) is 6.02. The second-order valence-electron chi connectivity index (χ2n) is 5.32. The quantitative estimate of drug-likeness (QED) is 0.752. The lowest BCUT2D eigenvalue weighted by Crippen LogP contribution is -2.15. The Labute approximate surface area is 124 Å². The van der Waals surface area contributed by atoms with E-state index >= 15 is 0 Å². The lowest BCUT2D eigenvalue weighted by molar-refractivity contribution is 0.102. The molecule has 110 valence electrons. The number of phenolic OH excluding ortho intramolecular Hbond substituents is 2. The molecule has 4 nitrogen and oxygen atoms in total. The van der Waals surface area contributed by atoms with E-state index in [9.17, 15) is 15.0 Å². The number of nitrogens with one attached hydrogen (secondary N) is 1. The van der Waals surface area contributed by atoms with E-state index in [1.807, 2.05) is 25.1 Å². The molecule has 2 aromatic rings. The van der Waals surface area contributed by atoms with E-state index in [-0.39, 0.29) is 17.2 Å². The fraction of sp³-hybridized carbons (Fsp3) is 0.235. The number of anilines is 1. The highest BCUT2D eigenvalue weighted by atomic mass is 16.3. The largest absolute Gasteiger partial charge is 0.504 e. The maximum atomic E-state index is 12.3. The Hall–Kier alpha value is -2.49. The number of amides is 1. The Bertz CT molecular complexity index is 678. The van der Waals surface area contributed by atoms with E-state index in [1.54, 1.807) is 0 Å². The van der Waals surface area contributed by atoms with E-state index in [2.05, 4.69) is 19.2 Å². The predicted molar refractivity (Wildman–Crippen MR) is 83.0 cm³/mol. The summed E-state index contributed by atoms with van der Waals surface area (Å²) < 4.78 is 0. The number of carbonyl (C=O) groups excluding carboxylic acids is 1. The molecule has 4 heteroatoms. The van der Waals surface area contributed by atoms with Gasteiger partial charge in [-0.15, -0.1) is 0 Å². The van der Waals surface area contributed by atoms with E-state index in [0.29, 0.717) is 0 Å². The minimum absolute atomic E-state index is 0.0490. The van der Waals surface area contributed by atoms with Crippen molar-refractivity contribution in [3.63, 3.8) is 0 Å². The average Bonchev–Trinajstić information content (AvgIpc) is 2.43. The third-order valence-corrected chi connectivity index (χ3v) is 3.42. The van der Waals surface area contributed by atoms with Gasteiger partial charge >= 0.3 is 0 Å². The molecule has 0 aromatic heterocycles. The molecule has 0 aliphatic rings. The highest BCUT2D eigenvalue weighted by Gasteiger charge is 2.17. The van der Waals surface area contributed by atoms with Gasteiger partial charge in [0.2, 0.25) is 0 Å². The second-order valence-corrected chi connectivity index (χ2v) is 5.32. The van der Waals surface area contributed by atoms with Crippen LogP contribution >= 0.6 is 0 Å². The van der Waals surface area contributed by atoms with E-state index in [4.69, 9.17) is 0 Å². The second kappa shape index (κ2) is 5.87. The van der Waals surface area contributed by atoms with Crippen LogP contribution in [0.25, 0.3) is 0 Å². The van der Waals surface area contributed by atoms with Crippen LogP contribution in [0.2, 0.25) is 0 Å². The first-order valence-corrected chi connectivity index (χ1v) is 6.83. The van der Waals surface area contributed by atoms with Crippen molar-refractivity contribution >= 4 is 11.6 Å². The van der Waals surface area contributed by atoms with Gasteiger partial charge < -0.3 is 15.5 Å². The molecule has 0 atom stereocenters. The van der Waals surface area contributed by atoms with Crippen molar-refractivity contribution in [3.05, 3.63) is 53.1 Å². The summed E-state index contributed by atoms with van der Waals surface area (Å²) in [6, 6.07) is 10.2. The van der Waals surface area contributed by atoms with Crippen LogP contribution in [-0.2, 0) is 0 Å². The molecule has 21 heavy (non-hydrogen) atoms. The summed E-state index contributed by atoms with van der Waals surface area (Å²) in [6.07, 6.45) is 0. The van der Waals surface area contributed by atoms with Gasteiger partial charge in [-0.25, -0.2) is 0 Å². The predicted octanol–water partition coefficient (Wildman–Crippen LogP) is 3.78. The fourth-order valence-electron chi connectivity index (χ4n) is 2.24. The Morgan fingerprint density at radius 1 is 1.10 bits per heavy atom. The molecule has 0 saturated carbocycles. The van der Waals surface area contributed by atoms with E-state index in [0.717, 1.165) is 16.8 Å². The number of benzene rings is 2. The molecule has 3 N–H and O–H groups in total. The van der Waals surface area contributed by atoms with Gasteiger partial charge in [-0.1, -0.05) is 38.1 Å². The molecule has 0 spiro atoms. The standard InChI is InChI=1S/C17H19NO3/c1-10(2)12-7-4-6-11(3)15(12)18-17(21)13-8-5-9-14(19)16(13)20/h4-10,19-20H,1-3H3,(H,18,21). The maximum Gasteiger partial charge on any atom is 0.259 e. The number of phenols is 2. The van der Waals surface area contributed by atoms with Crippen molar-refractivity contribution in [2.24, 2.45) is 0 Å². The van der Waals surface area contributed by atoms with Crippen LogP contribution in [0.1, 0.15) is 41.3 Å². The highest BCUT2D eigenvalue weighted by molar-refractivity contribution is 6.07. The molecule has 0 radical (unpaired) electrons. The van der Waals surface area contributed by atoms with Gasteiger partial charge in [-0.2, -0.15) is 0 Å². The summed E-state index contributed by atoms with van der Waals surface area (Å²) in [5.74, 6) is -0.899. The van der Waals surface area contributed by atoms with Gasteiger partial charge in [0.1, 0.15) is 0 Å². The number of hydrogen-bond donors (Lipinski definition) is 3. The molecule has 2 aromatic carbocycles. The molecule has 0 fully saturated rings. The lowest BCUT2D eigenvalue weighted by atomic mass is 9.98. The SMILES string of the molecule is Cc1cccc(C(C)C)c1NC(=O)c1cccc(O)c1O. The Balaban J connectivity index is 2.39. The minimum Gasteiger partial charge on any atom is -0.504 e. The molecule has 0 unspecified atom stereocenters. The van der Waals surface area contributed by atoms with Crippen molar-refractivity contribution in [1.29, 1.82) is 0 Å². The highest BCUT2D eigenvalue weighted by Crippen LogP contribution is 2.31. The molecular weight excluding hydrogens is 266 g/mol.